The minimum Gasteiger partial charge on any atom is -0.423 e. The van der Waals surface area contributed by atoms with Gasteiger partial charge in [-0.1, -0.05) is 30.3 Å². The van der Waals surface area contributed by atoms with Crippen molar-refractivity contribution in [2.75, 3.05) is 13.2 Å². The molecule has 0 saturated carbocycles. The average molecular weight is 370 g/mol. The lowest BCUT2D eigenvalue weighted by Gasteiger charge is -2.21. The molecule has 0 aromatic heterocycles. The van der Waals surface area contributed by atoms with Crippen molar-refractivity contribution in [3.05, 3.63) is 58.1 Å². The first-order chi connectivity index (χ1) is 13.0. The van der Waals surface area contributed by atoms with Gasteiger partial charge in [0.2, 0.25) is 0 Å². The largest absolute Gasteiger partial charge is 0.491 e. The van der Waals surface area contributed by atoms with E-state index in [9.17, 15) is 20.3 Å². The molecule has 8 heteroatoms. The third-order valence-electron chi connectivity index (χ3n) is 5.09. The number of aliphatic hydroxyl groups is 2. The Morgan fingerprint density at radius 2 is 1.33 bits per heavy atom. The molecule has 1 heterocycles. The summed E-state index contributed by atoms with van der Waals surface area (Å²) < 4.78 is 11.2. The predicted molar refractivity (Wildman–Crippen MR) is 104 cm³/mol. The summed E-state index contributed by atoms with van der Waals surface area (Å²) in [5.74, 6) is 0. The minimum absolute atomic E-state index is 0.310. The fourth-order valence-corrected chi connectivity index (χ4v) is 3.51. The number of hydrogen-bond acceptors (Lipinski definition) is 6. The summed E-state index contributed by atoms with van der Waals surface area (Å²) in [6.45, 7) is 1.73. The molecule has 2 aromatic carbocycles. The molecule has 0 radical (unpaired) electrons. The van der Waals surface area contributed by atoms with Crippen LogP contribution in [0.2, 0.25) is 0 Å². The molecule has 1 aliphatic heterocycles. The Balaban J connectivity index is 2.01. The second-order valence-corrected chi connectivity index (χ2v) is 6.72. The van der Waals surface area contributed by atoms with Gasteiger partial charge in [-0.2, -0.15) is 0 Å². The van der Waals surface area contributed by atoms with E-state index in [-0.39, 0.29) is 13.2 Å². The predicted octanol–water partition coefficient (Wildman–Crippen LogP) is -0.813. The first-order valence-electron chi connectivity index (χ1n) is 9.09. The molecule has 142 valence electrons. The maximum Gasteiger partial charge on any atom is 0.491 e. The zero-order chi connectivity index (χ0) is 19.4. The summed E-state index contributed by atoms with van der Waals surface area (Å²) in [4.78, 5) is 0. The first-order valence-corrected chi connectivity index (χ1v) is 9.09. The third kappa shape index (κ3) is 4.43. The molecule has 4 bridgehead atoms. The molecule has 4 N–H and O–H groups in total. The molecule has 0 unspecified atom stereocenters. The summed E-state index contributed by atoms with van der Waals surface area (Å²) in [6, 6.07) is 9.56. The van der Waals surface area contributed by atoms with Crippen LogP contribution in [-0.4, -0.2) is 47.7 Å². The standard InChI is InChI=1S/C19H24B2O6/c1-13-16(11-22)18-10-19(17(13)12-23)21(25)27-8-6-15-4-2-3-14(9-15)5-7-26-20(18)24/h2-4,9-10,22-25H,5-8,11-12H2,1H3. The van der Waals surface area contributed by atoms with Crippen LogP contribution in [0.3, 0.4) is 0 Å². The lowest BCUT2D eigenvalue weighted by Crippen LogP contribution is -2.45. The van der Waals surface area contributed by atoms with Crippen molar-refractivity contribution < 1.29 is 29.6 Å². The number of aliphatic hydroxyl groups excluding tert-OH is 2. The second-order valence-electron chi connectivity index (χ2n) is 6.72. The van der Waals surface area contributed by atoms with E-state index in [0.29, 0.717) is 53.7 Å². The minimum atomic E-state index is -1.25. The van der Waals surface area contributed by atoms with Crippen molar-refractivity contribution in [3.63, 3.8) is 0 Å². The van der Waals surface area contributed by atoms with Crippen molar-refractivity contribution >= 4 is 25.2 Å². The lowest BCUT2D eigenvalue weighted by atomic mass is 9.66. The molecule has 0 spiro atoms. The monoisotopic (exact) mass is 370 g/mol. The molecule has 1 aliphatic rings. The highest BCUT2D eigenvalue weighted by molar-refractivity contribution is 6.64. The maximum atomic E-state index is 10.5. The summed E-state index contributed by atoms with van der Waals surface area (Å²) in [5.41, 5.74) is 4.49. The van der Waals surface area contributed by atoms with Crippen molar-refractivity contribution in [1.82, 2.24) is 0 Å². The smallest absolute Gasteiger partial charge is 0.423 e. The van der Waals surface area contributed by atoms with Gasteiger partial charge in [0.15, 0.2) is 0 Å². The lowest BCUT2D eigenvalue weighted by molar-refractivity contribution is 0.262. The quantitative estimate of drug-likeness (QED) is 0.516. The Bertz CT molecular complexity index is 741. The van der Waals surface area contributed by atoms with E-state index in [0.717, 1.165) is 11.1 Å². The molecule has 6 nitrogen and oxygen atoms in total. The van der Waals surface area contributed by atoms with Crippen molar-refractivity contribution in [1.29, 1.82) is 0 Å². The van der Waals surface area contributed by atoms with Crippen LogP contribution in [0, 0.1) is 6.92 Å². The van der Waals surface area contributed by atoms with E-state index in [1.165, 1.54) is 0 Å². The highest BCUT2D eigenvalue weighted by atomic mass is 16.5. The summed E-state index contributed by atoms with van der Waals surface area (Å²) in [5, 5.41) is 40.6. The third-order valence-corrected chi connectivity index (χ3v) is 5.09. The van der Waals surface area contributed by atoms with Gasteiger partial charge in [0.05, 0.1) is 13.2 Å². The van der Waals surface area contributed by atoms with Gasteiger partial charge in [-0.25, -0.2) is 0 Å². The molecule has 3 rings (SSSR count). The maximum absolute atomic E-state index is 10.5. The van der Waals surface area contributed by atoms with Crippen LogP contribution in [-0.2, 0) is 35.4 Å². The molecular weight excluding hydrogens is 346 g/mol. The van der Waals surface area contributed by atoms with Gasteiger partial charge in [-0.3, -0.25) is 0 Å². The van der Waals surface area contributed by atoms with Crippen LogP contribution in [0.4, 0.5) is 0 Å². The molecule has 0 amide bonds. The van der Waals surface area contributed by atoms with E-state index in [1.807, 2.05) is 18.2 Å². The van der Waals surface area contributed by atoms with Crippen LogP contribution in [0.15, 0.2) is 30.3 Å². The molecule has 27 heavy (non-hydrogen) atoms. The Kier molecular flexibility index (Phi) is 6.70. The fraction of sp³-hybridized carbons (Fsp3) is 0.368. The van der Waals surface area contributed by atoms with E-state index in [2.05, 4.69) is 6.07 Å². The second kappa shape index (κ2) is 9.01. The zero-order valence-electron chi connectivity index (χ0n) is 15.4. The van der Waals surface area contributed by atoms with Gasteiger partial charge in [-0.05, 0) is 58.5 Å². The van der Waals surface area contributed by atoms with Crippen molar-refractivity contribution in [3.8, 4) is 0 Å². The molecule has 0 fully saturated rings. The highest BCUT2D eigenvalue weighted by Gasteiger charge is 2.29. The molecule has 0 atom stereocenters. The van der Waals surface area contributed by atoms with Crippen molar-refractivity contribution in [2.45, 2.75) is 33.0 Å². The van der Waals surface area contributed by atoms with Crippen LogP contribution in [0.25, 0.3) is 0 Å². The average Bonchev–Trinajstić information content (AvgIpc) is 2.66. The Labute approximate surface area is 159 Å². The van der Waals surface area contributed by atoms with Crippen LogP contribution < -0.4 is 10.9 Å². The normalized spacial score (nSPS) is 15.6. The zero-order valence-corrected chi connectivity index (χ0v) is 15.4. The van der Waals surface area contributed by atoms with E-state index < -0.39 is 14.2 Å². The van der Waals surface area contributed by atoms with E-state index in [1.54, 1.807) is 13.0 Å². The van der Waals surface area contributed by atoms with Crippen LogP contribution in [0.1, 0.15) is 27.8 Å². The van der Waals surface area contributed by atoms with Crippen molar-refractivity contribution in [2.24, 2.45) is 0 Å². The molecular formula is C19H24B2O6. The van der Waals surface area contributed by atoms with Gasteiger partial charge < -0.3 is 29.6 Å². The highest BCUT2D eigenvalue weighted by Crippen LogP contribution is 2.14. The first kappa shape index (κ1) is 20.1. The van der Waals surface area contributed by atoms with E-state index >= 15 is 0 Å². The SMILES string of the molecule is Cc1c(CO)c2cc(c1CO)B(O)OCCc1cccc(c1)CCOB2O. The fourth-order valence-electron chi connectivity index (χ4n) is 3.51. The van der Waals surface area contributed by atoms with Crippen LogP contribution >= 0.6 is 0 Å². The molecule has 0 aliphatic carbocycles. The van der Waals surface area contributed by atoms with Gasteiger partial charge in [0, 0.05) is 13.2 Å². The summed E-state index contributed by atoms with van der Waals surface area (Å²) in [7, 11) is -2.51. The van der Waals surface area contributed by atoms with Gasteiger partial charge in [0.25, 0.3) is 0 Å². The van der Waals surface area contributed by atoms with E-state index in [4.69, 9.17) is 9.31 Å². The Morgan fingerprint density at radius 3 is 1.78 bits per heavy atom. The summed E-state index contributed by atoms with van der Waals surface area (Å²) in [6.07, 6.45) is 1.28. The van der Waals surface area contributed by atoms with Gasteiger partial charge in [-0.15, -0.1) is 0 Å². The number of benzene rings is 2. The summed E-state index contributed by atoms with van der Waals surface area (Å²) >= 11 is 0. The molecule has 0 saturated heterocycles. The number of hydrogen-bond donors (Lipinski definition) is 4. The van der Waals surface area contributed by atoms with Gasteiger partial charge in [0.1, 0.15) is 0 Å². The topological polar surface area (TPSA) is 99.4 Å². The Hall–Kier alpha value is -1.67. The molecule has 2 aromatic rings. The Morgan fingerprint density at radius 1 is 0.852 bits per heavy atom. The number of fused-ring (bicyclic) bond motifs is 4. The van der Waals surface area contributed by atoms with Crippen LogP contribution in [0.5, 0.6) is 0 Å². The van der Waals surface area contributed by atoms with Gasteiger partial charge >= 0.3 is 14.2 Å². The number of rotatable bonds is 2.